The molecule has 0 radical (unpaired) electrons. The Balaban J connectivity index is 1.97. The summed E-state index contributed by atoms with van der Waals surface area (Å²) in [7, 11) is 0. The Kier molecular flexibility index (Phi) is 4.96. The number of anilines is 1. The van der Waals surface area contributed by atoms with Crippen LogP contribution in [0.3, 0.4) is 0 Å². The summed E-state index contributed by atoms with van der Waals surface area (Å²) in [6, 6.07) is 9.25. The monoisotopic (exact) mass is 385 g/mol. The maximum absolute atomic E-state index is 12.5. The Morgan fingerprint density at radius 3 is 2.70 bits per heavy atom. The van der Waals surface area contributed by atoms with Gasteiger partial charge in [0.25, 0.3) is 11.6 Å². The number of nitrogens with zero attached hydrogens (tertiary/aromatic N) is 2. The van der Waals surface area contributed by atoms with Crippen molar-refractivity contribution in [3.05, 3.63) is 62.2 Å². The Bertz CT molecular complexity index is 1030. The lowest BCUT2D eigenvalue weighted by Crippen LogP contribution is -2.14. The van der Waals surface area contributed by atoms with Crippen LogP contribution in [0.5, 0.6) is 11.5 Å². The molecule has 1 aliphatic rings. The van der Waals surface area contributed by atoms with E-state index < -0.39 is 10.8 Å². The lowest BCUT2D eigenvalue weighted by atomic mass is 10.1. The Morgan fingerprint density at radius 2 is 2.04 bits per heavy atom. The minimum atomic E-state index is -0.713. The predicted octanol–water partition coefficient (Wildman–Crippen LogP) is 3.83. The van der Waals surface area contributed by atoms with Crippen LogP contribution in [0, 0.1) is 28.4 Å². The highest BCUT2D eigenvalue weighted by molar-refractivity contribution is 6.31. The number of amides is 1. The third kappa shape index (κ3) is 3.83. The molecule has 9 heteroatoms. The van der Waals surface area contributed by atoms with Crippen molar-refractivity contribution in [3.8, 4) is 17.6 Å². The second-order valence-electron chi connectivity index (χ2n) is 5.60. The van der Waals surface area contributed by atoms with E-state index in [9.17, 15) is 20.2 Å². The maximum Gasteiger partial charge on any atom is 0.280 e. The summed E-state index contributed by atoms with van der Waals surface area (Å²) in [5.74, 6) is -0.179. The molecule has 2 aromatic carbocycles. The molecule has 1 heterocycles. The summed E-state index contributed by atoms with van der Waals surface area (Å²) in [5, 5.41) is 23.7. The molecule has 0 spiro atoms. The zero-order valence-corrected chi connectivity index (χ0v) is 14.7. The van der Waals surface area contributed by atoms with E-state index >= 15 is 0 Å². The van der Waals surface area contributed by atoms with E-state index in [4.69, 9.17) is 21.1 Å². The Hall–Kier alpha value is -3.57. The van der Waals surface area contributed by atoms with Crippen molar-refractivity contribution in [2.75, 3.05) is 12.1 Å². The van der Waals surface area contributed by atoms with Gasteiger partial charge in [0.05, 0.1) is 16.6 Å². The number of rotatable bonds is 4. The first kappa shape index (κ1) is 18.2. The van der Waals surface area contributed by atoms with E-state index in [-0.39, 0.29) is 29.4 Å². The van der Waals surface area contributed by atoms with Crippen LogP contribution in [0.2, 0.25) is 5.02 Å². The van der Waals surface area contributed by atoms with Crippen LogP contribution in [-0.4, -0.2) is 17.6 Å². The Labute approximate surface area is 158 Å². The van der Waals surface area contributed by atoms with Gasteiger partial charge >= 0.3 is 0 Å². The standard InChI is InChI=1S/C18H12ClN3O5/c1-10-2-3-13(19)6-14(10)21-18(23)12(8-20)4-11-5-16-17(27-9-26-16)7-15(11)22(24)25/h2-7H,9H2,1H3,(H,21,23)/b12-4+. The zero-order chi connectivity index (χ0) is 19.6. The lowest BCUT2D eigenvalue weighted by Gasteiger charge is -2.08. The quantitative estimate of drug-likeness (QED) is 0.370. The summed E-state index contributed by atoms with van der Waals surface area (Å²) in [4.78, 5) is 23.1. The first-order chi connectivity index (χ1) is 12.9. The molecule has 136 valence electrons. The molecular weight excluding hydrogens is 374 g/mol. The van der Waals surface area contributed by atoms with E-state index in [1.54, 1.807) is 31.2 Å². The molecule has 8 nitrogen and oxygen atoms in total. The van der Waals surface area contributed by atoms with Gasteiger partial charge in [-0.1, -0.05) is 17.7 Å². The zero-order valence-electron chi connectivity index (χ0n) is 14.0. The smallest absolute Gasteiger partial charge is 0.280 e. The van der Waals surface area contributed by atoms with Crippen LogP contribution in [0.15, 0.2) is 35.9 Å². The van der Waals surface area contributed by atoms with E-state index in [1.807, 2.05) is 0 Å². The summed E-state index contributed by atoms with van der Waals surface area (Å²) in [6.07, 6.45) is 1.13. The number of nitriles is 1. The van der Waals surface area contributed by atoms with Crippen molar-refractivity contribution < 1.29 is 19.2 Å². The van der Waals surface area contributed by atoms with E-state index in [2.05, 4.69) is 5.32 Å². The predicted molar refractivity (Wildman–Crippen MR) is 97.6 cm³/mol. The lowest BCUT2D eigenvalue weighted by molar-refractivity contribution is -0.385. The fourth-order valence-electron chi connectivity index (χ4n) is 2.44. The first-order valence-electron chi connectivity index (χ1n) is 7.66. The van der Waals surface area contributed by atoms with Gasteiger partial charge in [0.15, 0.2) is 11.5 Å². The molecule has 27 heavy (non-hydrogen) atoms. The SMILES string of the molecule is Cc1ccc(Cl)cc1NC(=O)/C(C#N)=C/c1cc2c(cc1[N+](=O)[O-])OCO2. The molecule has 0 unspecified atom stereocenters. The summed E-state index contributed by atoms with van der Waals surface area (Å²) in [5.41, 5.74) is 0.627. The topological polar surface area (TPSA) is 114 Å². The maximum atomic E-state index is 12.5. The van der Waals surface area contributed by atoms with Crippen LogP contribution < -0.4 is 14.8 Å². The second kappa shape index (κ2) is 7.35. The van der Waals surface area contributed by atoms with Gasteiger partial charge in [-0.15, -0.1) is 0 Å². The van der Waals surface area contributed by atoms with Crippen molar-refractivity contribution in [2.45, 2.75) is 6.92 Å². The molecule has 0 saturated carbocycles. The number of hydrogen-bond acceptors (Lipinski definition) is 6. The fourth-order valence-corrected chi connectivity index (χ4v) is 2.62. The van der Waals surface area contributed by atoms with Gasteiger partial charge in [0.1, 0.15) is 11.6 Å². The van der Waals surface area contributed by atoms with E-state index in [0.717, 1.165) is 11.6 Å². The van der Waals surface area contributed by atoms with Crippen LogP contribution in [0.4, 0.5) is 11.4 Å². The van der Waals surface area contributed by atoms with Gasteiger partial charge in [0, 0.05) is 10.7 Å². The number of nitro benzene ring substituents is 1. The number of fused-ring (bicyclic) bond motifs is 1. The van der Waals surface area contributed by atoms with Crippen molar-refractivity contribution in [3.63, 3.8) is 0 Å². The highest BCUT2D eigenvalue weighted by Crippen LogP contribution is 2.38. The number of carbonyl (C=O) groups excluding carboxylic acids is 1. The average molecular weight is 386 g/mol. The number of ether oxygens (including phenoxy) is 2. The number of nitrogens with one attached hydrogen (secondary N) is 1. The number of hydrogen-bond donors (Lipinski definition) is 1. The molecule has 0 fully saturated rings. The molecule has 3 rings (SSSR count). The Morgan fingerprint density at radius 1 is 1.33 bits per heavy atom. The number of nitro groups is 1. The van der Waals surface area contributed by atoms with Crippen LogP contribution >= 0.6 is 11.6 Å². The normalized spacial score (nSPS) is 12.4. The van der Waals surface area contributed by atoms with Crippen LogP contribution in [0.25, 0.3) is 6.08 Å². The molecule has 1 aliphatic heterocycles. The van der Waals surface area contributed by atoms with Crippen LogP contribution in [-0.2, 0) is 4.79 Å². The largest absolute Gasteiger partial charge is 0.454 e. The molecule has 1 amide bonds. The van der Waals surface area contributed by atoms with Crippen molar-refractivity contribution in [2.24, 2.45) is 0 Å². The van der Waals surface area contributed by atoms with Crippen LogP contribution in [0.1, 0.15) is 11.1 Å². The third-order valence-electron chi connectivity index (χ3n) is 3.83. The molecule has 0 saturated heterocycles. The minimum absolute atomic E-state index is 0.0544. The van der Waals surface area contributed by atoms with Gasteiger partial charge < -0.3 is 14.8 Å². The number of benzene rings is 2. The van der Waals surface area contributed by atoms with E-state index in [1.165, 1.54) is 12.1 Å². The fraction of sp³-hybridized carbons (Fsp3) is 0.111. The first-order valence-corrected chi connectivity index (χ1v) is 8.04. The third-order valence-corrected chi connectivity index (χ3v) is 4.07. The number of aryl methyl sites for hydroxylation is 1. The van der Waals surface area contributed by atoms with Crippen molar-refractivity contribution >= 4 is 35.0 Å². The van der Waals surface area contributed by atoms with Gasteiger partial charge in [-0.3, -0.25) is 14.9 Å². The molecule has 0 bridgehead atoms. The highest BCUT2D eigenvalue weighted by atomic mass is 35.5. The molecule has 0 aromatic heterocycles. The van der Waals surface area contributed by atoms with Gasteiger partial charge in [-0.2, -0.15) is 5.26 Å². The molecular formula is C18H12ClN3O5. The molecule has 0 aliphatic carbocycles. The molecule has 2 aromatic rings. The van der Waals surface area contributed by atoms with E-state index in [0.29, 0.717) is 16.5 Å². The minimum Gasteiger partial charge on any atom is -0.454 e. The summed E-state index contributed by atoms with van der Waals surface area (Å²) >= 11 is 5.92. The van der Waals surface area contributed by atoms with Gasteiger partial charge in [-0.25, -0.2) is 0 Å². The second-order valence-corrected chi connectivity index (χ2v) is 6.04. The molecule has 1 N–H and O–H groups in total. The average Bonchev–Trinajstić information content (AvgIpc) is 3.09. The summed E-state index contributed by atoms with van der Waals surface area (Å²) < 4.78 is 10.3. The van der Waals surface area contributed by atoms with Crippen molar-refractivity contribution in [1.82, 2.24) is 0 Å². The molecule has 0 atom stereocenters. The van der Waals surface area contributed by atoms with Gasteiger partial charge in [0.2, 0.25) is 6.79 Å². The summed E-state index contributed by atoms with van der Waals surface area (Å²) in [6.45, 7) is 1.71. The number of halogens is 1. The van der Waals surface area contributed by atoms with Crippen molar-refractivity contribution in [1.29, 1.82) is 5.26 Å². The number of carbonyl (C=O) groups is 1. The van der Waals surface area contributed by atoms with Gasteiger partial charge in [-0.05, 0) is 36.8 Å². The highest BCUT2D eigenvalue weighted by Gasteiger charge is 2.23.